The summed E-state index contributed by atoms with van der Waals surface area (Å²) in [5.74, 6) is -0.145. The molecule has 7 heteroatoms. The number of amides is 1. The number of nitrogens with two attached hydrogens (primary N) is 1. The van der Waals surface area contributed by atoms with Crippen LogP contribution < -0.4 is 11.1 Å². The number of hydrogen-bond donors (Lipinski definition) is 3. The highest BCUT2D eigenvalue weighted by Gasteiger charge is 2.16. The molecule has 0 aliphatic carbocycles. The van der Waals surface area contributed by atoms with Crippen LogP contribution >= 0.6 is 23.4 Å². The molecule has 1 aromatic heterocycles. The highest BCUT2D eigenvalue weighted by molar-refractivity contribution is 8.00. The van der Waals surface area contributed by atoms with Crippen molar-refractivity contribution in [3.05, 3.63) is 35.6 Å². The van der Waals surface area contributed by atoms with E-state index in [1.54, 1.807) is 37.5 Å². The number of nitrogens with zero attached hydrogens (tertiary/aromatic N) is 1. The molecule has 0 fully saturated rings. The minimum atomic E-state index is -0.292. The summed E-state index contributed by atoms with van der Waals surface area (Å²) in [5.41, 5.74) is 6.70. The number of nitrogen functional groups attached to an aromatic ring is 1. The van der Waals surface area contributed by atoms with Gasteiger partial charge in [0, 0.05) is 18.1 Å². The Morgan fingerprint density at radius 3 is 3.00 bits per heavy atom. The number of imidazole rings is 1. The molecule has 2 rings (SSSR count). The second kappa shape index (κ2) is 5.99. The van der Waals surface area contributed by atoms with Crippen molar-refractivity contribution in [2.24, 2.45) is 0 Å². The SMILES string of the molecule is CC(Sc1ncc[nH]1)C(=O)Nc1ccc(N)cc1Cl. The van der Waals surface area contributed by atoms with E-state index in [1.807, 2.05) is 0 Å². The van der Waals surface area contributed by atoms with E-state index in [9.17, 15) is 4.79 Å². The highest BCUT2D eigenvalue weighted by atomic mass is 35.5. The summed E-state index contributed by atoms with van der Waals surface area (Å²) >= 11 is 7.34. The molecule has 100 valence electrons. The van der Waals surface area contributed by atoms with Crippen LogP contribution in [-0.4, -0.2) is 21.1 Å². The maximum Gasteiger partial charge on any atom is 0.237 e. The van der Waals surface area contributed by atoms with Crippen molar-refractivity contribution >= 4 is 40.6 Å². The third-order valence-corrected chi connectivity index (χ3v) is 3.71. The third-order valence-electron chi connectivity index (χ3n) is 2.38. The number of anilines is 2. The fourth-order valence-corrected chi connectivity index (χ4v) is 2.40. The van der Waals surface area contributed by atoms with Crippen LogP contribution in [0, 0.1) is 0 Å². The van der Waals surface area contributed by atoms with E-state index in [-0.39, 0.29) is 11.2 Å². The maximum absolute atomic E-state index is 12.0. The van der Waals surface area contributed by atoms with E-state index >= 15 is 0 Å². The van der Waals surface area contributed by atoms with E-state index in [0.717, 1.165) is 0 Å². The molecule has 0 aliphatic rings. The lowest BCUT2D eigenvalue weighted by molar-refractivity contribution is -0.115. The first kappa shape index (κ1) is 13.8. The van der Waals surface area contributed by atoms with Gasteiger partial charge in [-0.05, 0) is 25.1 Å². The number of aromatic nitrogens is 2. The summed E-state index contributed by atoms with van der Waals surface area (Å²) in [4.78, 5) is 19.0. The Morgan fingerprint density at radius 2 is 2.37 bits per heavy atom. The van der Waals surface area contributed by atoms with Crippen molar-refractivity contribution in [2.45, 2.75) is 17.3 Å². The van der Waals surface area contributed by atoms with Gasteiger partial charge in [0.15, 0.2) is 5.16 Å². The van der Waals surface area contributed by atoms with Gasteiger partial charge in [-0.1, -0.05) is 23.4 Å². The predicted octanol–water partition coefficient (Wildman–Crippen LogP) is 2.76. The fourth-order valence-electron chi connectivity index (χ4n) is 1.40. The second-order valence-electron chi connectivity index (χ2n) is 3.88. The zero-order chi connectivity index (χ0) is 13.8. The van der Waals surface area contributed by atoms with Crippen LogP contribution in [0.25, 0.3) is 0 Å². The number of nitrogens with one attached hydrogen (secondary N) is 2. The highest BCUT2D eigenvalue weighted by Crippen LogP contribution is 2.26. The van der Waals surface area contributed by atoms with Gasteiger partial charge in [-0.15, -0.1) is 0 Å². The van der Waals surface area contributed by atoms with E-state index in [0.29, 0.717) is 21.6 Å². The van der Waals surface area contributed by atoms with Crippen LogP contribution in [0.15, 0.2) is 35.7 Å². The lowest BCUT2D eigenvalue weighted by atomic mass is 10.2. The number of halogens is 1. The molecule has 1 aromatic carbocycles. The minimum absolute atomic E-state index is 0.145. The average molecular weight is 297 g/mol. The Hall–Kier alpha value is -1.66. The zero-order valence-corrected chi connectivity index (χ0v) is 11.8. The lowest BCUT2D eigenvalue weighted by Gasteiger charge is -2.12. The van der Waals surface area contributed by atoms with Gasteiger partial charge in [0.2, 0.25) is 5.91 Å². The number of aromatic amines is 1. The molecule has 0 saturated carbocycles. The van der Waals surface area contributed by atoms with Gasteiger partial charge in [-0.25, -0.2) is 4.98 Å². The summed E-state index contributed by atoms with van der Waals surface area (Å²) < 4.78 is 0. The number of benzene rings is 1. The van der Waals surface area contributed by atoms with Gasteiger partial charge in [0.25, 0.3) is 0 Å². The van der Waals surface area contributed by atoms with E-state index in [2.05, 4.69) is 15.3 Å². The van der Waals surface area contributed by atoms with Gasteiger partial charge in [-0.2, -0.15) is 0 Å². The largest absolute Gasteiger partial charge is 0.399 e. The molecule has 1 unspecified atom stereocenters. The summed E-state index contributed by atoms with van der Waals surface area (Å²) in [5, 5.41) is 3.59. The van der Waals surface area contributed by atoms with Crippen LogP contribution in [0.3, 0.4) is 0 Å². The summed E-state index contributed by atoms with van der Waals surface area (Å²) in [6.07, 6.45) is 3.35. The van der Waals surface area contributed by atoms with Crippen LogP contribution in [0.4, 0.5) is 11.4 Å². The average Bonchev–Trinajstić information content (AvgIpc) is 2.85. The molecule has 1 heterocycles. The Morgan fingerprint density at radius 1 is 1.58 bits per heavy atom. The van der Waals surface area contributed by atoms with Crippen LogP contribution in [0.5, 0.6) is 0 Å². The number of carbonyl (C=O) groups excluding carboxylic acids is 1. The van der Waals surface area contributed by atoms with Crippen molar-refractivity contribution in [1.29, 1.82) is 0 Å². The first-order chi connectivity index (χ1) is 9.06. The Balaban J connectivity index is 2.00. The Kier molecular flexibility index (Phi) is 4.34. The van der Waals surface area contributed by atoms with Crippen molar-refractivity contribution in [1.82, 2.24) is 9.97 Å². The molecule has 2 aromatic rings. The summed E-state index contributed by atoms with van der Waals surface area (Å²) in [6, 6.07) is 4.97. The second-order valence-corrected chi connectivity index (χ2v) is 5.62. The number of rotatable bonds is 4. The molecule has 1 amide bonds. The Labute approximate surface area is 119 Å². The molecule has 1 atom stereocenters. The monoisotopic (exact) mass is 296 g/mol. The van der Waals surface area contributed by atoms with E-state index in [4.69, 9.17) is 17.3 Å². The molecular weight excluding hydrogens is 284 g/mol. The number of hydrogen-bond acceptors (Lipinski definition) is 4. The Bertz CT molecular complexity index is 573. The van der Waals surface area contributed by atoms with Gasteiger partial charge in [0.05, 0.1) is 16.0 Å². The standard InChI is InChI=1S/C12H13ClN4OS/c1-7(19-12-15-4-5-16-12)11(18)17-10-3-2-8(14)6-9(10)13/h2-7H,14H2,1H3,(H,15,16)(H,17,18). The number of H-pyrrole nitrogens is 1. The van der Waals surface area contributed by atoms with Gasteiger partial charge < -0.3 is 16.0 Å². The minimum Gasteiger partial charge on any atom is -0.399 e. The topological polar surface area (TPSA) is 83.8 Å². The molecule has 19 heavy (non-hydrogen) atoms. The van der Waals surface area contributed by atoms with Gasteiger partial charge in [-0.3, -0.25) is 4.79 Å². The van der Waals surface area contributed by atoms with E-state index in [1.165, 1.54) is 11.8 Å². The number of carbonyl (C=O) groups is 1. The smallest absolute Gasteiger partial charge is 0.237 e. The molecular formula is C12H13ClN4OS. The molecule has 0 spiro atoms. The summed E-state index contributed by atoms with van der Waals surface area (Å²) in [6.45, 7) is 1.80. The zero-order valence-electron chi connectivity index (χ0n) is 10.2. The maximum atomic E-state index is 12.0. The fraction of sp³-hybridized carbons (Fsp3) is 0.167. The first-order valence-electron chi connectivity index (χ1n) is 5.58. The van der Waals surface area contributed by atoms with Gasteiger partial charge >= 0.3 is 0 Å². The molecule has 0 radical (unpaired) electrons. The summed E-state index contributed by atoms with van der Waals surface area (Å²) in [7, 11) is 0. The van der Waals surface area contributed by atoms with Crippen molar-refractivity contribution < 1.29 is 4.79 Å². The first-order valence-corrected chi connectivity index (χ1v) is 6.84. The predicted molar refractivity (Wildman–Crippen MR) is 78.4 cm³/mol. The van der Waals surface area contributed by atoms with Crippen molar-refractivity contribution in [3.8, 4) is 0 Å². The van der Waals surface area contributed by atoms with Crippen LogP contribution in [0.2, 0.25) is 5.02 Å². The lowest BCUT2D eigenvalue weighted by Crippen LogP contribution is -2.22. The van der Waals surface area contributed by atoms with Crippen molar-refractivity contribution in [3.63, 3.8) is 0 Å². The molecule has 0 saturated heterocycles. The van der Waals surface area contributed by atoms with E-state index < -0.39 is 0 Å². The quantitative estimate of drug-likeness (QED) is 0.598. The van der Waals surface area contributed by atoms with Crippen molar-refractivity contribution in [2.75, 3.05) is 11.1 Å². The number of thioether (sulfide) groups is 1. The third kappa shape index (κ3) is 3.65. The molecule has 0 aliphatic heterocycles. The van der Waals surface area contributed by atoms with Crippen LogP contribution in [-0.2, 0) is 4.79 Å². The molecule has 0 bridgehead atoms. The van der Waals surface area contributed by atoms with Gasteiger partial charge in [0.1, 0.15) is 0 Å². The molecule has 4 N–H and O–H groups in total. The van der Waals surface area contributed by atoms with Crippen LogP contribution in [0.1, 0.15) is 6.92 Å². The normalized spacial score (nSPS) is 12.1. The molecule has 5 nitrogen and oxygen atoms in total.